The van der Waals surface area contributed by atoms with E-state index in [0.717, 1.165) is 16.9 Å². The number of nitrogens with zero attached hydrogens (tertiary/aromatic N) is 3. The number of benzene rings is 1. The first kappa shape index (κ1) is 19.6. The summed E-state index contributed by atoms with van der Waals surface area (Å²) >= 11 is 1.49. The lowest BCUT2D eigenvalue weighted by molar-refractivity contribution is -0.121. The Kier molecular flexibility index (Phi) is 6.05. The van der Waals surface area contributed by atoms with Crippen molar-refractivity contribution in [3.63, 3.8) is 0 Å². The van der Waals surface area contributed by atoms with Crippen molar-refractivity contribution in [3.05, 3.63) is 51.4 Å². The maximum Gasteiger partial charge on any atom is 0.262 e. The van der Waals surface area contributed by atoms with Crippen LogP contribution < -0.4 is 20.5 Å². The third kappa shape index (κ3) is 4.20. The first-order valence-electron chi connectivity index (χ1n) is 8.57. The fourth-order valence-corrected chi connectivity index (χ4v) is 3.52. The van der Waals surface area contributed by atoms with E-state index in [1.807, 2.05) is 13.0 Å². The molecule has 146 valence electrons. The van der Waals surface area contributed by atoms with Gasteiger partial charge in [0.25, 0.3) is 11.5 Å². The quantitative estimate of drug-likeness (QED) is 0.485. The molecular weight excluding hydrogens is 380 g/mol. The van der Waals surface area contributed by atoms with Gasteiger partial charge >= 0.3 is 0 Å². The maximum atomic E-state index is 12.5. The predicted octanol–water partition coefficient (Wildman–Crippen LogP) is 2.19. The number of amides is 1. The molecule has 0 bridgehead atoms. The van der Waals surface area contributed by atoms with Crippen molar-refractivity contribution in [2.45, 2.75) is 19.9 Å². The van der Waals surface area contributed by atoms with Crippen molar-refractivity contribution in [3.8, 4) is 11.5 Å². The minimum Gasteiger partial charge on any atom is -0.493 e. The van der Waals surface area contributed by atoms with Crippen LogP contribution in [-0.4, -0.2) is 35.9 Å². The second-order valence-electron chi connectivity index (χ2n) is 5.87. The number of aromatic nitrogens is 2. The van der Waals surface area contributed by atoms with Gasteiger partial charge in [-0.1, -0.05) is 6.92 Å². The van der Waals surface area contributed by atoms with E-state index in [1.165, 1.54) is 28.4 Å². The molecule has 0 unspecified atom stereocenters. The van der Waals surface area contributed by atoms with Crippen LogP contribution in [-0.2, 0) is 17.8 Å². The predicted molar refractivity (Wildman–Crippen MR) is 109 cm³/mol. The van der Waals surface area contributed by atoms with Crippen LogP contribution in [0.25, 0.3) is 10.2 Å². The summed E-state index contributed by atoms with van der Waals surface area (Å²) < 4.78 is 11.7. The number of rotatable bonds is 7. The fraction of sp³-hybridized carbons (Fsp3) is 0.263. The van der Waals surface area contributed by atoms with E-state index < -0.39 is 5.91 Å². The third-order valence-electron chi connectivity index (χ3n) is 4.04. The van der Waals surface area contributed by atoms with Crippen molar-refractivity contribution < 1.29 is 14.3 Å². The number of hydrazone groups is 1. The van der Waals surface area contributed by atoms with Crippen LogP contribution in [0.3, 0.4) is 0 Å². The van der Waals surface area contributed by atoms with Crippen LogP contribution in [0.5, 0.6) is 11.5 Å². The monoisotopic (exact) mass is 400 g/mol. The Balaban J connectivity index is 1.67. The van der Waals surface area contributed by atoms with E-state index in [1.54, 1.807) is 32.4 Å². The number of carbonyl (C=O) groups is 1. The fourth-order valence-electron chi connectivity index (χ4n) is 2.60. The molecule has 1 aromatic carbocycles. The minimum absolute atomic E-state index is 0.164. The molecule has 3 aromatic rings. The van der Waals surface area contributed by atoms with Gasteiger partial charge in [-0.15, -0.1) is 11.3 Å². The molecule has 1 N–H and O–H groups in total. The van der Waals surface area contributed by atoms with E-state index in [0.29, 0.717) is 21.7 Å². The van der Waals surface area contributed by atoms with Gasteiger partial charge in [0.1, 0.15) is 11.4 Å². The summed E-state index contributed by atoms with van der Waals surface area (Å²) in [6.45, 7) is 1.86. The highest BCUT2D eigenvalue weighted by molar-refractivity contribution is 7.18. The van der Waals surface area contributed by atoms with E-state index in [-0.39, 0.29) is 12.1 Å². The highest BCUT2D eigenvalue weighted by Crippen LogP contribution is 2.26. The van der Waals surface area contributed by atoms with Gasteiger partial charge in [-0.3, -0.25) is 14.2 Å². The van der Waals surface area contributed by atoms with Crippen molar-refractivity contribution in [2.75, 3.05) is 14.2 Å². The molecule has 0 saturated heterocycles. The molecule has 0 spiro atoms. The Morgan fingerprint density at radius 1 is 1.29 bits per heavy atom. The van der Waals surface area contributed by atoms with Gasteiger partial charge < -0.3 is 9.47 Å². The van der Waals surface area contributed by atoms with E-state index in [4.69, 9.17) is 9.47 Å². The summed E-state index contributed by atoms with van der Waals surface area (Å²) in [5.74, 6) is 0.738. The van der Waals surface area contributed by atoms with Crippen molar-refractivity contribution >= 4 is 33.7 Å². The number of thiophene rings is 1. The highest BCUT2D eigenvalue weighted by Gasteiger charge is 2.10. The summed E-state index contributed by atoms with van der Waals surface area (Å²) in [5.41, 5.74) is 2.90. The number of aryl methyl sites for hydroxylation is 1. The zero-order valence-electron chi connectivity index (χ0n) is 15.8. The van der Waals surface area contributed by atoms with Crippen molar-refractivity contribution in [1.29, 1.82) is 0 Å². The number of carbonyl (C=O) groups excluding carboxylic acids is 1. The molecule has 8 nitrogen and oxygen atoms in total. The second-order valence-corrected chi connectivity index (χ2v) is 6.99. The number of ether oxygens (including phenoxy) is 2. The first-order valence-corrected chi connectivity index (χ1v) is 9.39. The van der Waals surface area contributed by atoms with Gasteiger partial charge in [-0.05, 0) is 36.2 Å². The van der Waals surface area contributed by atoms with Gasteiger partial charge in [-0.25, -0.2) is 10.4 Å². The summed E-state index contributed by atoms with van der Waals surface area (Å²) in [7, 11) is 3.10. The Labute approximate surface area is 165 Å². The van der Waals surface area contributed by atoms with Gasteiger partial charge in [0, 0.05) is 4.88 Å². The lowest BCUT2D eigenvalue weighted by Crippen LogP contribution is -2.29. The topological polar surface area (TPSA) is 94.8 Å². The van der Waals surface area contributed by atoms with E-state index in [2.05, 4.69) is 15.5 Å². The lowest BCUT2D eigenvalue weighted by Gasteiger charge is -2.07. The van der Waals surface area contributed by atoms with Gasteiger partial charge in [0.05, 0.1) is 32.1 Å². The Hall–Kier alpha value is -3.20. The molecule has 3 rings (SSSR count). The molecule has 0 fully saturated rings. The zero-order chi connectivity index (χ0) is 20.1. The summed E-state index contributed by atoms with van der Waals surface area (Å²) in [6.07, 6.45) is 3.71. The second kappa shape index (κ2) is 8.66. The summed E-state index contributed by atoms with van der Waals surface area (Å²) in [5, 5.41) is 4.46. The van der Waals surface area contributed by atoms with Crippen LogP contribution in [0.15, 0.2) is 40.5 Å². The van der Waals surface area contributed by atoms with Crippen LogP contribution in [0.2, 0.25) is 0 Å². The molecule has 0 aliphatic carbocycles. The van der Waals surface area contributed by atoms with E-state index in [9.17, 15) is 9.59 Å². The minimum atomic E-state index is -0.425. The molecule has 1 amide bonds. The third-order valence-corrected chi connectivity index (χ3v) is 5.23. The molecule has 28 heavy (non-hydrogen) atoms. The smallest absolute Gasteiger partial charge is 0.262 e. The zero-order valence-corrected chi connectivity index (χ0v) is 16.6. The van der Waals surface area contributed by atoms with Crippen LogP contribution in [0.1, 0.15) is 17.4 Å². The van der Waals surface area contributed by atoms with Crippen molar-refractivity contribution in [1.82, 2.24) is 15.0 Å². The standard InChI is InChI=1S/C19H20N4O4S/c1-4-13-8-14-18(28-13)20-11-23(19(14)25)10-17(24)22-21-9-12-5-6-15(26-2)16(7-12)27-3/h5-9,11H,4,10H2,1-3H3,(H,22,24). The Morgan fingerprint density at radius 2 is 2.07 bits per heavy atom. The largest absolute Gasteiger partial charge is 0.493 e. The highest BCUT2D eigenvalue weighted by atomic mass is 32.1. The Morgan fingerprint density at radius 3 is 2.79 bits per heavy atom. The molecule has 0 radical (unpaired) electrons. The molecule has 0 aliphatic rings. The van der Waals surface area contributed by atoms with Gasteiger partial charge in [-0.2, -0.15) is 5.10 Å². The molecule has 0 saturated carbocycles. The summed E-state index contributed by atoms with van der Waals surface area (Å²) in [6, 6.07) is 7.09. The van der Waals surface area contributed by atoms with Gasteiger partial charge in [0.2, 0.25) is 0 Å². The van der Waals surface area contributed by atoms with Crippen LogP contribution in [0.4, 0.5) is 0 Å². The average molecular weight is 400 g/mol. The first-order chi connectivity index (χ1) is 13.5. The molecular formula is C19H20N4O4S. The Bertz CT molecular complexity index is 1090. The van der Waals surface area contributed by atoms with Gasteiger partial charge in [0.15, 0.2) is 11.5 Å². The normalized spacial score (nSPS) is 11.1. The summed E-state index contributed by atoms with van der Waals surface area (Å²) in [4.78, 5) is 30.7. The van der Waals surface area contributed by atoms with Crippen molar-refractivity contribution in [2.24, 2.45) is 5.10 Å². The maximum absolute atomic E-state index is 12.5. The van der Waals surface area contributed by atoms with Crippen LogP contribution >= 0.6 is 11.3 Å². The molecule has 9 heteroatoms. The average Bonchev–Trinajstić information content (AvgIpc) is 3.14. The SMILES string of the molecule is CCc1cc2c(=O)n(CC(=O)NN=Cc3ccc(OC)c(OC)c3)cnc2s1. The molecule has 0 aliphatic heterocycles. The lowest BCUT2D eigenvalue weighted by atomic mass is 10.2. The number of hydrogen-bond donors (Lipinski definition) is 1. The number of fused-ring (bicyclic) bond motifs is 1. The van der Waals surface area contributed by atoms with E-state index >= 15 is 0 Å². The van der Waals surface area contributed by atoms with Crippen LogP contribution in [0, 0.1) is 0 Å². The molecule has 0 atom stereocenters. The molecule has 2 heterocycles. The molecule has 2 aromatic heterocycles. The number of nitrogens with one attached hydrogen (secondary N) is 1. The number of methoxy groups -OCH3 is 2. The number of hydrogen-bond acceptors (Lipinski definition) is 7.